The van der Waals surface area contributed by atoms with E-state index in [0.29, 0.717) is 23.2 Å². The van der Waals surface area contributed by atoms with Gasteiger partial charge in [-0.3, -0.25) is 4.79 Å². The van der Waals surface area contributed by atoms with Gasteiger partial charge in [-0.05, 0) is 38.1 Å². The van der Waals surface area contributed by atoms with E-state index in [1.165, 1.54) is 0 Å². The number of hydrogen-bond donors (Lipinski definition) is 1. The summed E-state index contributed by atoms with van der Waals surface area (Å²) in [6, 6.07) is 5.77. The van der Waals surface area contributed by atoms with Crippen LogP contribution < -0.4 is 10.1 Å². The molecule has 0 aliphatic carbocycles. The van der Waals surface area contributed by atoms with E-state index < -0.39 is 0 Å². The predicted octanol–water partition coefficient (Wildman–Crippen LogP) is 2.10. The van der Waals surface area contributed by atoms with Crippen molar-refractivity contribution < 1.29 is 9.53 Å². The van der Waals surface area contributed by atoms with Gasteiger partial charge >= 0.3 is 0 Å². The number of carbonyl (C=O) groups is 1. The number of carbonyl (C=O) groups excluding carboxylic acids is 1. The molecule has 110 valence electrons. The third-order valence-electron chi connectivity index (χ3n) is 3.77. The average molecular weight is 297 g/mol. The van der Waals surface area contributed by atoms with Crippen molar-refractivity contribution in [3.8, 4) is 5.75 Å². The number of rotatable bonds is 4. The Morgan fingerprint density at radius 3 is 3.05 bits per heavy atom. The van der Waals surface area contributed by atoms with Crippen molar-refractivity contribution in [3.63, 3.8) is 0 Å². The molecule has 1 atom stereocenters. The van der Waals surface area contributed by atoms with Crippen molar-refractivity contribution in [2.45, 2.75) is 25.3 Å². The van der Waals surface area contributed by atoms with Crippen molar-refractivity contribution in [1.29, 1.82) is 0 Å². The number of hydrogen-bond acceptors (Lipinski definition) is 3. The first-order valence-corrected chi connectivity index (χ1v) is 7.29. The van der Waals surface area contributed by atoms with Gasteiger partial charge in [0.05, 0.1) is 13.5 Å². The lowest BCUT2D eigenvalue weighted by atomic mass is 10.0. The van der Waals surface area contributed by atoms with Crippen molar-refractivity contribution in [2.75, 3.05) is 27.2 Å². The zero-order chi connectivity index (χ0) is 14.5. The Bertz CT molecular complexity index is 479. The van der Waals surface area contributed by atoms with Crippen LogP contribution in [0.4, 0.5) is 0 Å². The molecule has 1 amide bonds. The second-order valence-corrected chi connectivity index (χ2v) is 5.54. The van der Waals surface area contributed by atoms with Gasteiger partial charge in [-0.2, -0.15) is 0 Å². The molecule has 20 heavy (non-hydrogen) atoms. The third-order valence-corrected chi connectivity index (χ3v) is 4.00. The number of nitrogens with one attached hydrogen (secondary N) is 1. The Morgan fingerprint density at radius 1 is 1.55 bits per heavy atom. The topological polar surface area (TPSA) is 41.6 Å². The monoisotopic (exact) mass is 296 g/mol. The van der Waals surface area contributed by atoms with Gasteiger partial charge in [-0.1, -0.05) is 11.6 Å². The number of halogens is 1. The molecule has 0 spiro atoms. The van der Waals surface area contributed by atoms with Gasteiger partial charge in [0.1, 0.15) is 5.75 Å². The molecule has 0 saturated carbocycles. The average Bonchev–Trinajstić information content (AvgIpc) is 2.47. The molecule has 1 aliphatic rings. The van der Waals surface area contributed by atoms with Gasteiger partial charge in [0, 0.05) is 29.7 Å². The predicted molar refractivity (Wildman–Crippen MR) is 80.4 cm³/mol. The van der Waals surface area contributed by atoms with E-state index in [9.17, 15) is 4.79 Å². The molecule has 0 aromatic heterocycles. The van der Waals surface area contributed by atoms with Gasteiger partial charge < -0.3 is 15.0 Å². The lowest BCUT2D eigenvalue weighted by molar-refractivity contribution is -0.131. The normalized spacial score (nSPS) is 18.9. The van der Waals surface area contributed by atoms with Crippen molar-refractivity contribution in [3.05, 3.63) is 28.8 Å². The van der Waals surface area contributed by atoms with E-state index in [4.69, 9.17) is 16.3 Å². The quantitative estimate of drug-likeness (QED) is 0.925. The summed E-state index contributed by atoms with van der Waals surface area (Å²) < 4.78 is 5.29. The van der Waals surface area contributed by atoms with E-state index >= 15 is 0 Å². The second-order valence-electron chi connectivity index (χ2n) is 5.10. The maximum absolute atomic E-state index is 12.4. The molecule has 5 heteroatoms. The highest BCUT2D eigenvalue weighted by molar-refractivity contribution is 6.30. The van der Waals surface area contributed by atoms with Crippen LogP contribution in [0, 0.1) is 0 Å². The molecule has 1 fully saturated rings. The summed E-state index contributed by atoms with van der Waals surface area (Å²) in [5.74, 6) is 0.843. The standard InChI is InChI=1S/C15H21ClN2O2/c1-17-13-4-3-7-18(10-13)15(19)9-11-8-12(16)5-6-14(11)20-2/h5-6,8,13,17H,3-4,7,9-10H2,1-2H3/t13-/m1/s1. The number of likely N-dealkylation sites (tertiary alicyclic amines) is 1. The molecule has 1 aromatic carbocycles. The highest BCUT2D eigenvalue weighted by Gasteiger charge is 2.23. The van der Waals surface area contributed by atoms with Crippen LogP contribution in [0.5, 0.6) is 5.75 Å². The van der Waals surface area contributed by atoms with Gasteiger partial charge in [-0.15, -0.1) is 0 Å². The summed E-state index contributed by atoms with van der Waals surface area (Å²) in [5.41, 5.74) is 0.844. The highest BCUT2D eigenvalue weighted by Crippen LogP contribution is 2.24. The molecule has 1 aromatic rings. The molecule has 0 radical (unpaired) electrons. The zero-order valence-electron chi connectivity index (χ0n) is 12.0. The Labute approximate surface area is 125 Å². The first kappa shape index (κ1) is 15.1. The Kier molecular flexibility index (Phi) is 5.26. The molecule has 4 nitrogen and oxygen atoms in total. The van der Waals surface area contributed by atoms with Crippen LogP contribution in [-0.4, -0.2) is 44.1 Å². The Balaban J connectivity index is 2.05. The first-order chi connectivity index (χ1) is 9.63. The maximum Gasteiger partial charge on any atom is 0.227 e. The minimum atomic E-state index is 0.130. The van der Waals surface area contributed by atoms with Crippen molar-refractivity contribution in [2.24, 2.45) is 0 Å². The van der Waals surface area contributed by atoms with E-state index in [-0.39, 0.29) is 5.91 Å². The van der Waals surface area contributed by atoms with Gasteiger partial charge in [0.25, 0.3) is 0 Å². The van der Waals surface area contributed by atoms with Crippen LogP contribution in [0.2, 0.25) is 5.02 Å². The van der Waals surface area contributed by atoms with Crippen LogP contribution in [0.1, 0.15) is 18.4 Å². The molecular weight excluding hydrogens is 276 g/mol. The zero-order valence-corrected chi connectivity index (χ0v) is 12.7. The van der Waals surface area contributed by atoms with Crippen LogP contribution in [0.25, 0.3) is 0 Å². The maximum atomic E-state index is 12.4. The fourth-order valence-corrected chi connectivity index (χ4v) is 2.79. The van der Waals surface area contributed by atoms with E-state index in [1.807, 2.05) is 11.9 Å². The number of methoxy groups -OCH3 is 1. The van der Waals surface area contributed by atoms with Crippen molar-refractivity contribution >= 4 is 17.5 Å². The number of piperidine rings is 1. The fourth-order valence-electron chi connectivity index (χ4n) is 2.60. The van der Waals surface area contributed by atoms with Crippen LogP contribution in [-0.2, 0) is 11.2 Å². The van der Waals surface area contributed by atoms with Gasteiger partial charge in [0.15, 0.2) is 0 Å². The number of benzene rings is 1. The summed E-state index contributed by atoms with van der Waals surface area (Å²) in [7, 11) is 3.55. The second kappa shape index (κ2) is 6.95. The lowest BCUT2D eigenvalue weighted by Crippen LogP contribution is -2.47. The summed E-state index contributed by atoms with van der Waals surface area (Å²) >= 11 is 6.00. The summed E-state index contributed by atoms with van der Waals surface area (Å²) in [6.45, 7) is 1.61. The fraction of sp³-hybridized carbons (Fsp3) is 0.533. The van der Waals surface area contributed by atoms with Crippen LogP contribution in [0.3, 0.4) is 0 Å². The van der Waals surface area contributed by atoms with Crippen molar-refractivity contribution in [1.82, 2.24) is 10.2 Å². The van der Waals surface area contributed by atoms with E-state index in [1.54, 1.807) is 25.3 Å². The SMILES string of the molecule is CN[C@@H]1CCCN(C(=O)Cc2cc(Cl)ccc2OC)C1. The number of ether oxygens (including phenoxy) is 1. The van der Waals surface area contributed by atoms with E-state index in [0.717, 1.165) is 31.5 Å². The summed E-state index contributed by atoms with van der Waals surface area (Å²) in [6.07, 6.45) is 2.50. The number of nitrogens with zero attached hydrogens (tertiary/aromatic N) is 1. The summed E-state index contributed by atoms with van der Waals surface area (Å²) in [5, 5.41) is 3.87. The Morgan fingerprint density at radius 2 is 2.35 bits per heavy atom. The molecule has 0 bridgehead atoms. The van der Waals surface area contributed by atoms with Gasteiger partial charge in [0.2, 0.25) is 5.91 Å². The smallest absolute Gasteiger partial charge is 0.227 e. The molecular formula is C15H21ClN2O2. The lowest BCUT2D eigenvalue weighted by Gasteiger charge is -2.32. The first-order valence-electron chi connectivity index (χ1n) is 6.91. The summed E-state index contributed by atoms with van der Waals surface area (Å²) in [4.78, 5) is 14.3. The molecule has 0 unspecified atom stereocenters. The van der Waals surface area contributed by atoms with Gasteiger partial charge in [-0.25, -0.2) is 0 Å². The number of amides is 1. The molecule has 1 saturated heterocycles. The molecule has 2 rings (SSSR count). The largest absolute Gasteiger partial charge is 0.496 e. The third kappa shape index (κ3) is 3.64. The van der Waals surface area contributed by atoms with Crippen LogP contribution in [0.15, 0.2) is 18.2 Å². The van der Waals surface area contributed by atoms with Crippen LogP contribution >= 0.6 is 11.6 Å². The molecule has 1 heterocycles. The Hall–Kier alpha value is -1.26. The van der Waals surface area contributed by atoms with E-state index in [2.05, 4.69) is 5.32 Å². The minimum Gasteiger partial charge on any atom is -0.496 e. The molecule has 1 aliphatic heterocycles. The minimum absolute atomic E-state index is 0.130. The number of likely N-dealkylation sites (N-methyl/N-ethyl adjacent to an activating group) is 1. The highest BCUT2D eigenvalue weighted by atomic mass is 35.5. The molecule has 1 N–H and O–H groups in total.